The molecule has 0 bridgehead atoms. The molecule has 4 heterocycles. The summed E-state index contributed by atoms with van der Waals surface area (Å²) in [4.78, 5) is 35.3. The van der Waals surface area contributed by atoms with Crippen molar-refractivity contribution in [1.82, 2.24) is 29.2 Å². The summed E-state index contributed by atoms with van der Waals surface area (Å²) < 4.78 is 23.4. The molecule has 10 heteroatoms. The van der Waals surface area contributed by atoms with E-state index in [-0.39, 0.29) is 17.6 Å². The molecule has 5 rings (SSSR count). The lowest BCUT2D eigenvalue weighted by Gasteiger charge is -2.26. The number of fused-ring (bicyclic) bond motifs is 1. The number of ether oxygens (including phenoxy) is 1. The highest BCUT2D eigenvalue weighted by Crippen LogP contribution is 2.38. The van der Waals surface area contributed by atoms with E-state index in [0.29, 0.717) is 59.3 Å². The molecule has 9 nitrogen and oxygen atoms in total. The van der Waals surface area contributed by atoms with Crippen LogP contribution in [0.3, 0.4) is 0 Å². The Labute approximate surface area is 218 Å². The van der Waals surface area contributed by atoms with Crippen molar-refractivity contribution in [2.24, 2.45) is 7.05 Å². The maximum Gasteiger partial charge on any atom is 0.250 e. The fraction of sp³-hybridized carbons (Fsp3) is 0.250. The zero-order valence-electron chi connectivity index (χ0n) is 21.4. The lowest BCUT2D eigenvalue weighted by Crippen LogP contribution is -2.37. The van der Waals surface area contributed by atoms with E-state index in [1.807, 2.05) is 24.6 Å². The Morgan fingerprint density at radius 2 is 1.97 bits per heavy atom. The number of benzene rings is 1. The Hall–Kier alpha value is -4.60. The predicted molar refractivity (Wildman–Crippen MR) is 141 cm³/mol. The number of amides is 1. The molecule has 0 fully saturated rings. The molecular formula is C28H27FN6O3. The fourth-order valence-corrected chi connectivity index (χ4v) is 4.41. The van der Waals surface area contributed by atoms with E-state index >= 15 is 0 Å². The van der Waals surface area contributed by atoms with Crippen LogP contribution in [0.5, 0.6) is 5.75 Å². The van der Waals surface area contributed by atoms with E-state index in [1.165, 1.54) is 28.8 Å². The van der Waals surface area contributed by atoms with Crippen LogP contribution < -0.4 is 10.3 Å². The van der Waals surface area contributed by atoms with Crippen molar-refractivity contribution < 1.29 is 13.9 Å². The van der Waals surface area contributed by atoms with E-state index in [9.17, 15) is 14.0 Å². The van der Waals surface area contributed by atoms with E-state index in [1.54, 1.807) is 36.5 Å². The summed E-state index contributed by atoms with van der Waals surface area (Å²) in [6.07, 6.45) is 4.45. The second-order valence-corrected chi connectivity index (χ2v) is 9.34. The van der Waals surface area contributed by atoms with Crippen LogP contribution in [-0.4, -0.2) is 47.8 Å². The Morgan fingerprint density at radius 1 is 1.16 bits per heavy atom. The van der Waals surface area contributed by atoms with Gasteiger partial charge in [-0.15, -0.1) is 0 Å². The minimum atomic E-state index is -0.418. The Morgan fingerprint density at radius 3 is 2.71 bits per heavy atom. The highest BCUT2D eigenvalue weighted by molar-refractivity contribution is 5.87. The molecule has 0 N–H and O–H groups in total. The summed E-state index contributed by atoms with van der Waals surface area (Å²) >= 11 is 0. The molecule has 0 unspecified atom stereocenters. The molecular weight excluding hydrogens is 487 g/mol. The summed E-state index contributed by atoms with van der Waals surface area (Å²) in [5.41, 5.74) is 3.70. The fourth-order valence-electron chi connectivity index (χ4n) is 4.41. The van der Waals surface area contributed by atoms with Crippen molar-refractivity contribution in [3.05, 3.63) is 83.3 Å². The van der Waals surface area contributed by atoms with Gasteiger partial charge in [0.25, 0.3) is 0 Å². The van der Waals surface area contributed by atoms with Crippen LogP contribution in [0.25, 0.3) is 33.9 Å². The lowest BCUT2D eigenvalue weighted by atomic mass is 10.0. The van der Waals surface area contributed by atoms with Gasteiger partial charge in [-0.1, -0.05) is 6.58 Å². The summed E-state index contributed by atoms with van der Waals surface area (Å²) in [5, 5.41) is 4.79. The normalized spacial score (nSPS) is 12.9. The smallest absolute Gasteiger partial charge is 0.250 e. The first-order valence-electron chi connectivity index (χ1n) is 12.2. The third-order valence-corrected chi connectivity index (χ3v) is 6.26. The molecule has 0 saturated carbocycles. The van der Waals surface area contributed by atoms with Crippen LogP contribution in [-0.2, 0) is 24.9 Å². The number of aromatic nitrogens is 5. The van der Waals surface area contributed by atoms with Crippen molar-refractivity contribution in [3.63, 3.8) is 0 Å². The first kappa shape index (κ1) is 25.1. The molecule has 0 atom stereocenters. The summed E-state index contributed by atoms with van der Waals surface area (Å²) in [6.45, 7) is 8.76. The van der Waals surface area contributed by atoms with Gasteiger partial charge in [-0.2, -0.15) is 5.10 Å². The number of carbonyl (C=O) groups excluding carboxylic acids is 1. The average Bonchev–Trinajstić information content (AvgIpc) is 3.33. The van der Waals surface area contributed by atoms with Crippen LogP contribution in [0, 0.1) is 5.82 Å². The highest BCUT2D eigenvalue weighted by atomic mass is 19.1. The second kappa shape index (κ2) is 10.0. The number of hydrogen-bond acceptors (Lipinski definition) is 6. The van der Waals surface area contributed by atoms with Gasteiger partial charge in [0.15, 0.2) is 5.82 Å². The molecule has 4 aromatic rings. The van der Waals surface area contributed by atoms with Gasteiger partial charge >= 0.3 is 0 Å². The molecule has 0 radical (unpaired) electrons. The number of halogens is 1. The van der Waals surface area contributed by atoms with Crippen molar-refractivity contribution in [3.8, 4) is 39.7 Å². The topological polar surface area (TPSA) is 95.1 Å². The predicted octanol–water partition coefficient (Wildman–Crippen LogP) is 3.83. The van der Waals surface area contributed by atoms with Crippen LogP contribution >= 0.6 is 0 Å². The van der Waals surface area contributed by atoms with Crippen LogP contribution in [0.2, 0.25) is 0 Å². The Bertz CT molecular complexity index is 1610. The number of aryl methyl sites for hydroxylation is 1. The monoisotopic (exact) mass is 514 g/mol. The van der Waals surface area contributed by atoms with Gasteiger partial charge in [0.1, 0.15) is 23.0 Å². The minimum Gasteiger partial charge on any atom is -0.490 e. The third kappa shape index (κ3) is 4.84. The molecule has 1 amide bonds. The zero-order valence-corrected chi connectivity index (χ0v) is 21.4. The van der Waals surface area contributed by atoms with Crippen molar-refractivity contribution >= 4 is 5.91 Å². The van der Waals surface area contributed by atoms with Crippen molar-refractivity contribution in [2.45, 2.75) is 33.0 Å². The van der Waals surface area contributed by atoms with E-state index < -0.39 is 5.82 Å². The molecule has 0 aliphatic carbocycles. The average molecular weight is 515 g/mol. The van der Waals surface area contributed by atoms with Crippen molar-refractivity contribution in [1.29, 1.82) is 0 Å². The molecule has 3 aromatic heterocycles. The Kier molecular flexibility index (Phi) is 6.62. The molecule has 38 heavy (non-hydrogen) atoms. The number of hydrogen-bond donors (Lipinski definition) is 0. The van der Waals surface area contributed by atoms with Crippen LogP contribution in [0.4, 0.5) is 4.39 Å². The van der Waals surface area contributed by atoms with Gasteiger partial charge in [-0.25, -0.2) is 14.4 Å². The molecule has 1 aliphatic rings. The lowest BCUT2D eigenvalue weighted by molar-refractivity contribution is -0.127. The van der Waals surface area contributed by atoms with Gasteiger partial charge < -0.3 is 14.2 Å². The summed E-state index contributed by atoms with van der Waals surface area (Å²) in [5.74, 6) is 0.215. The van der Waals surface area contributed by atoms with Gasteiger partial charge in [0.05, 0.1) is 24.9 Å². The molecule has 0 spiro atoms. The minimum absolute atomic E-state index is 0.138. The quantitative estimate of drug-likeness (QED) is 0.363. The largest absolute Gasteiger partial charge is 0.490 e. The highest BCUT2D eigenvalue weighted by Gasteiger charge is 2.24. The van der Waals surface area contributed by atoms with E-state index in [4.69, 9.17) is 14.8 Å². The maximum atomic E-state index is 14.2. The SMILES string of the molecule is C=CC(=O)N1CCn2nc(-c3nc(-c4ccc(=O)n(C)c4)ncc3-c3ccc(F)cc3OC(C)C)cc2C1. The first-order valence-corrected chi connectivity index (χ1v) is 12.2. The molecule has 1 aliphatic heterocycles. The summed E-state index contributed by atoms with van der Waals surface area (Å²) in [7, 11) is 1.66. The standard InChI is InChI=1S/C28H27FN6O3/c1-5-25(36)34-10-11-35-20(16-34)13-23(32-35)27-22(21-8-7-19(29)12-24(21)38-17(2)3)14-30-28(31-27)18-6-9-26(37)33(4)15-18/h5-9,12-15,17H,1,10-11,16H2,2-4H3. The van der Waals surface area contributed by atoms with Gasteiger partial charge in [-0.05, 0) is 44.2 Å². The number of rotatable bonds is 6. The van der Waals surface area contributed by atoms with Gasteiger partial charge in [0, 0.05) is 54.8 Å². The van der Waals surface area contributed by atoms with Gasteiger partial charge in [-0.3, -0.25) is 14.3 Å². The second-order valence-electron chi connectivity index (χ2n) is 9.34. The number of nitrogens with zero attached hydrogens (tertiary/aromatic N) is 6. The third-order valence-electron chi connectivity index (χ3n) is 6.26. The summed E-state index contributed by atoms with van der Waals surface area (Å²) in [6, 6.07) is 9.37. The zero-order chi connectivity index (χ0) is 27.0. The molecule has 194 valence electrons. The van der Waals surface area contributed by atoms with E-state index in [2.05, 4.69) is 11.6 Å². The van der Waals surface area contributed by atoms with Crippen molar-refractivity contribution in [2.75, 3.05) is 6.54 Å². The number of carbonyl (C=O) groups is 1. The number of pyridine rings is 1. The Balaban J connectivity index is 1.68. The van der Waals surface area contributed by atoms with E-state index in [0.717, 1.165) is 5.69 Å². The van der Waals surface area contributed by atoms with Crippen LogP contribution in [0.15, 0.2) is 66.2 Å². The maximum absolute atomic E-state index is 14.2. The molecule has 0 saturated heterocycles. The first-order chi connectivity index (χ1) is 18.2. The molecule has 1 aromatic carbocycles. The van der Waals surface area contributed by atoms with Crippen LogP contribution in [0.1, 0.15) is 19.5 Å². The van der Waals surface area contributed by atoms with Gasteiger partial charge in [0.2, 0.25) is 11.5 Å².